The third-order valence-electron chi connectivity index (χ3n) is 12.3. The highest BCUT2D eigenvalue weighted by atomic mass is 32.1. The maximum absolute atomic E-state index is 13.6. The quantitative estimate of drug-likeness (QED) is 0.134. The summed E-state index contributed by atoms with van der Waals surface area (Å²) >= 11 is 3.14. The maximum Gasteiger partial charge on any atom is 0.232 e. The van der Waals surface area contributed by atoms with Crippen LogP contribution in [0.2, 0.25) is 0 Å². The largest absolute Gasteiger partial charge is 0.497 e. The van der Waals surface area contributed by atoms with Crippen LogP contribution in [0.1, 0.15) is 114 Å². The molecule has 6 heterocycles. The molecule has 318 valence electrons. The van der Waals surface area contributed by atoms with Crippen LogP contribution < -0.4 is 19.3 Å². The van der Waals surface area contributed by atoms with Crippen LogP contribution in [-0.2, 0) is 48.6 Å². The van der Waals surface area contributed by atoms with E-state index >= 15 is 0 Å². The van der Waals surface area contributed by atoms with Gasteiger partial charge in [0.05, 0.1) is 65.8 Å². The number of aryl methyl sites for hydroxylation is 2. The Hall–Kier alpha value is -4.82. The highest BCUT2D eigenvalue weighted by molar-refractivity contribution is 7.22. The number of amides is 2. The Morgan fingerprint density at radius 2 is 1.25 bits per heavy atom. The van der Waals surface area contributed by atoms with Gasteiger partial charge < -0.3 is 14.0 Å². The second-order valence-electron chi connectivity index (χ2n) is 16.0. The van der Waals surface area contributed by atoms with E-state index in [2.05, 4.69) is 19.3 Å². The van der Waals surface area contributed by atoms with Crippen LogP contribution in [0.5, 0.6) is 11.5 Å². The van der Waals surface area contributed by atoms with Crippen LogP contribution in [0.25, 0.3) is 20.4 Å². The average Bonchev–Trinajstić information content (AvgIpc) is 4.17. The van der Waals surface area contributed by atoms with Gasteiger partial charge in [-0.15, -0.1) is 0 Å². The van der Waals surface area contributed by atoms with Gasteiger partial charge in [0.15, 0.2) is 10.3 Å². The van der Waals surface area contributed by atoms with Crippen molar-refractivity contribution in [3.05, 3.63) is 71.6 Å². The molecule has 6 aromatic rings. The molecule has 0 unspecified atom stereocenters. The van der Waals surface area contributed by atoms with Crippen LogP contribution >= 0.6 is 22.7 Å². The number of anilines is 2. The lowest BCUT2D eigenvalue weighted by Gasteiger charge is -2.27. The van der Waals surface area contributed by atoms with Crippen molar-refractivity contribution in [3.8, 4) is 11.5 Å². The first-order valence-electron chi connectivity index (χ1n) is 22.0. The molecule has 2 aromatic carbocycles. The van der Waals surface area contributed by atoms with Crippen LogP contribution in [0.4, 0.5) is 10.3 Å². The second-order valence-corrected chi connectivity index (χ2v) is 18.1. The molecule has 0 spiro atoms. The van der Waals surface area contributed by atoms with E-state index in [-0.39, 0.29) is 23.7 Å². The number of imidazole rings is 1. The third-order valence-corrected chi connectivity index (χ3v) is 14.4. The van der Waals surface area contributed by atoms with Crippen molar-refractivity contribution >= 4 is 65.2 Å². The molecule has 2 saturated carbocycles. The van der Waals surface area contributed by atoms with Crippen molar-refractivity contribution in [1.29, 1.82) is 0 Å². The molecule has 2 aliphatic carbocycles. The summed E-state index contributed by atoms with van der Waals surface area (Å²) in [4.78, 5) is 45.2. The van der Waals surface area contributed by atoms with E-state index in [0.717, 1.165) is 149 Å². The molecule has 0 bridgehead atoms. The second kappa shape index (κ2) is 19.3. The van der Waals surface area contributed by atoms with E-state index in [9.17, 15) is 9.59 Å². The van der Waals surface area contributed by atoms with E-state index in [4.69, 9.17) is 19.4 Å². The van der Waals surface area contributed by atoms with Crippen LogP contribution in [-0.4, -0.2) is 55.3 Å². The molecular formula is C46H58N8O4S2. The number of ether oxygens (including phenoxy) is 2. The third kappa shape index (κ3) is 8.95. The van der Waals surface area contributed by atoms with Gasteiger partial charge in [0, 0.05) is 42.6 Å². The van der Waals surface area contributed by atoms with Crippen LogP contribution in [0.3, 0.4) is 0 Å². The molecular weight excluding hydrogens is 793 g/mol. The molecule has 0 atom stereocenters. The standard InChI is InChI=1S/2C22H26N4O2S.C2H6/c1-28-17-9-10-18-19(12-17)29-22(24-18)26(21(27)15-6-3-2-4-7-15)14-16-13-23-20-8-5-11-25(16)20;1-28-17-9-10-18-20(12-17)29-22(24-18)25(21(27)15-6-3-2-4-7-15)14-16-13-23-26-11-5-8-19(16)26;1-2/h2*9-10,12-13,15H,2-8,11,14H2,1H3;1-2H3. The number of rotatable bonds is 10. The van der Waals surface area contributed by atoms with Gasteiger partial charge in [0.2, 0.25) is 11.8 Å². The molecule has 12 nitrogen and oxygen atoms in total. The first-order chi connectivity index (χ1) is 29.4. The lowest BCUT2D eigenvalue weighted by Crippen LogP contribution is -2.37. The minimum atomic E-state index is 0.103. The molecule has 2 fully saturated rings. The smallest absolute Gasteiger partial charge is 0.232 e. The minimum absolute atomic E-state index is 0.103. The van der Waals surface area contributed by atoms with E-state index in [1.54, 1.807) is 36.9 Å². The number of hydrogen-bond acceptors (Lipinski definition) is 10. The molecule has 4 aromatic heterocycles. The first-order valence-corrected chi connectivity index (χ1v) is 23.7. The van der Waals surface area contributed by atoms with Crippen molar-refractivity contribution in [2.24, 2.45) is 11.8 Å². The van der Waals surface area contributed by atoms with E-state index in [1.165, 1.54) is 18.5 Å². The van der Waals surface area contributed by atoms with Gasteiger partial charge in [-0.2, -0.15) is 5.10 Å². The highest BCUT2D eigenvalue weighted by Gasteiger charge is 2.32. The fraction of sp³-hybridized carbons (Fsp3) is 0.522. The Labute approximate surface area is 360 Å². The topological polar surface area (TPSA) is 120 Å². The Kier molecular flexibility index (Phi) is 13.5. The molecule has 2 aliphatic heterocycles. The average molecular weight is 851 g/mol. The molecule has 60 heavy (non-hydrogen) atoms. The zero-order chi connectivity index (χ0) is 41.6. The number of carbonyl (C=O) groups excluding carboxylic acids is 2. The van der Waals surface area contributed by atoms with Crippen LogP contribution in [0.15, 0.2) is 48.8 Å². The number of thiazole rings is 2. The van der Waals surface area contributed by atoms with Gasteiger partial charge in [-0.3, -0.25) is 24.1 Å². The molecule has 10 rings (SSSR count). The van der Waals surface area contributed by atoms with Gasteiger partial charge >= 0.3 is 0 Å². The zero-order valence-corrected chi connectivity index (χ0v) is 37.2. The van der Waals surface area contributed by atoms with Gasteiger partial charge in [0.1, 0.15) is 17.3 Å². The van der Waals surface area contributed by atoms with Crippen molar-refractivity contribution in [2.45, 2.75) is 130 Å². The Morgan fingerprint density at radius 1 is 0.700 bits per heavy atom. The minimum Gasteiger partial charge on any atom is -0.497 e. The number of hydrogen-bond donors (Lipinski definition) is 0. The first kappa shape index (κ1) is 41.9. The van der Waals surface area contributed by atoms with E-state index in [1.807, 2.05) is 72.4 Å². The van der Waals surface area contributed by atoms with E-state index < -0.39 is 0 Å². The molecule has 0 saturated heterocycles. The van der Waals surface area contributed by atoms with Crippen molar-refractivity contribution in [1.82, 2.24) is 29.3 Å². The Balaban J connectivity index is 0.000000160. The lowest BCUT2D eigenvalue weighted by atomic mass is 9.88. The van der Waals surface area contributed by atoms with Gasteiger partial charge in [-0.1, -0.05) is 75.0 Å². The van der Waals surface area contributed by atoms with Crippen molar-refractivity contribution in [3.63, 3.8) is 0 Å². The summed E-state index contributed by atoms with van der Waals surface area (Å²) in [5.41, 5.74) is 5.36. The van der Waals surface area contributed by atoms with Crippen molar-refractivity contribution in [2.75, 3.05) is 24.0 Å². The summed E-state index contributed by atoms with van der Waals surface area (Å²) < 4.78 is 17.2. The summed E-state index contributed by atoms with van der Waals surface area (Å²) in [6.07, 6.45) is 19.2. The number of methoxy groups -OCH3 is 2. The van der Waals surface area contributed by atoms with Gasteiger partial charge in [0.25, 0.3) is 0 Å². The Bertz CT molecular complexity index is 2240. The zero-order valence-electron chi connectivity index (χ0n) is 35.5. The fourth-order valence-corrected chi connectivity index (χ4v) is 11.1. The summed E-state index contributed by atoms with van der Waals surface area (Å²) in [6.45, 7) is 7.07. The highest BCUT2D eigenvalue weighted by Crippen LogP contribution is 2.37. The lowest BCUT2D eigenvalue weighted by molar-refractivity contribution is -0.124. The predicted molar refractivity (Wildman–Crippen MR) is 240 cm³/mol. The Morgan fingerprint density at radius 3 is 1.82 bits per heavy atom. The number of fused-ring (bicyclic) bond motifs is 4. The van der Waals surface area contributed by atoms with E-state index in [0.29, 0.717) is 13.1 Å². The summed E-state index contributed by atoms with van der Waals surface area (Å²) in [6, 6.07) is 11.8. The molecule has 0 radical (unpaired) electrons. The predicted octanol–water partition coefficient (Wildman–Crippen LogP) is 10.1. The number of aromatic nitrogens is 6. The van der Waals surface area contributed by atoms with Gasteiger partial charge in [-0.25, -0.2) is 15.0 Å². The normalized spacial score (nSPS) is 16.4. The number of nitrogens with zero attached hydrogens (tertiary/aromatic N) is 8. The summed E-state index contributed by atoms with van der Waals surface area (Å²) in [7, 11) is 3.34. The van der Waals surface area contributed by atoms with Crippen molar-refractivity contribution < 1.29 is 19.1 Å². The molecule has 14 heteroatoms. The maximum atomic E-state index is 13.6. The number of carbonyl (C=O) groups is 2. The van der Waals surface area contributed by atoms with Gasteiger partial charge in [-0.05, 0) is 81.3 Å². The molecule has 4 aliphatic rings. The number of benzene rings is 2. The monoisotopic (exact) mass is 850 g/mol. The molecule has 2 amide bonds. The SMILES string of the molecule is CC.COc1ccc2nc(N(Cc3cnc4n3CCC4)C(=O)C3CCCCC3)sc2c1.COc1ccc2nc(N(Cc3cnn4c3CCC4)C(=O)C3CCCCC3)sc2c1. The fourth-order valence-electron chi connectivity index (χ4n) is 9.13. The molecule has 0 N–H and O–H groups in total. The summed E-state index contributed by atoms with van der Waals surface area (Å²) in [5.74, 6) is 3.40. The van der Waals surface area contributed by atoms with Crippen LogP contribution in [0, 0.1) is 11.8 Å². The summed E-state index contributed by atoms with van der Waals surface area (Å²) in [5, 5.41) is 6.08.